The van der Waals surface area contributed by atoms with Crippen LogP contribution >= 0.6 is 0 Å². The number of fused-ring (bicyclic) bond motifs is 1. The van der Waals surface area contributed by atoms with Gasteiger partial charge in [-0.15, -0.1) is 0 Å². The molecule has 1 unspecified atom stereocenters. The van der Waals surface area contributed by atoms with Gasteiger partial charge in [-0.1, -0.05) is 30.3 Å². The Morgan fingerprint density at radius 3 is 2.38 bits per heavy atom. The van der Waals surface area contributed by atoms with E-state index in [1.807, 2.05) is 36.4 Å². The Balaban J connectivity index is 1.45. The lowest BCUT2D eigenvalue weighted by Crippen LogP contribution is -2.44. The zero-order chi connectivity index (χ0) is 22.5. The molecule has 1 heterocycles. The smallest absolute Gasteiger partial charge is 0.142 e. The van der Waals surface area contributed by atoms with Gasteiger partial charge in [0.05, 0.1) is 24.8 Å². The highest BCUT2D eigenvalue weighted by Crippen LogP contribution is 2.31. The van der Waals surface area contributed by atoms with Crippen LogP contribution < -0.4 is 19.1 Å². The Morgan fingerprint density at radius 1 is 0.906 bits per heavy atom. The summed E-state index contributed by atoms with van der Waals surface area (Å²) < 4.78 is 27.2. The summed E-state index contributed by atoms with van der Waals surface area (Å²) >= 11 is 0. The van der Waals surface area contributed by atoms with Crippen LogP contribution in [0.2, 0.25) is 0 Å². The van der Waals surface area contributed by atoms with Crippen LogP contribution in [-0.2, 0) is 17.4 Å². The number of rotatable bonds is 8. The van der Waals surface area contributed by atoms with E-state index < -0.39 is 11.0 Å². The molecule has 3 aromatic carbocycles. The standard InChI is InChI=1S/C25H31N3O3S/c1-27-14-16-28(17-15-27)23-18-20(10-11-25(23)31-3)32(29)26-13-12-19-6-4-8-22-21(19)7-5-9-24(22)30-2/h4-11,18,26H,12-17H2,1-3H3. The van der Waals surface area contributed by atoms with Gasteiger partial charge in [0, 0.05) is 38.1 Å². The number of hydrogen-bond acceptors (Lipinski definition) is 5. The van der Waals surface area contributed by atoms with Crippen molar-refractivity contribution in [3.63, 3.8) is 0 Å². The van der Waals surface area contributed by atoms with Crippen LogP contribution in [0.4, 0.5) is 5.69 Å². The van der Waals surface area contributed by atoms with Gasteiger partial charge in [0.2, 0.25) is 0 Å². The fourth-order valence-electron chi connectivity index (χ4n) is 4.18. The Hall–Kier alpha value is -2.61. The molecule has 0 saturated carbocycles. The lowest BCUT2D eigenvalue weighted by atomic mass is 10.0. The molecule has 1 saturated heterocycles. The first-order valence-electron chi connectivity index (χ1n) is 10.9. The van der Waals surface area contributed by atoms with E-state index in [0.717, 1.165) is 60.1 Å². The molecule has 0 bridgehead atoms. The molecule has 7 heteroatoms. The van der Waals surface area contributed by atoms with E-state index in [1.54, 1.807) is 14.2 Å². The zero-order valence-electron chi connectivity index (χ0n) is 19.0. The van der Waals surface area contributed by atoms with E-state index >= 15 is 0 Å². The van der Waals surface area contributed by atoms with Crippen molar-refractivity contribution >= 4 is 27.4 Å². The molecule has 3 aromatic rings. The van der Waals surface area contributed by atoms with Gasteiger partial charge in [-0.25, -0.2) is 8.93 Å². The summed E-state index contributed by atoms with van der Waals surface area (Å²) in [5.74, 6) is 1.69. The highest BCUT2D eigenvalue weighted by molar-refractivity contribution is 7.83. The number of benzene rings is 3. The predicted molar refractivity (Wildman–Crippen MR) is 131 cm³/mol. The zero-order valence-corrected chi connectivity index (χ0v) is 19.8. The second kappa shape index (κ2) is 10.3. The Bertz CT molecular complexity index is 1100. The molecule has 0 amide bonds. The second-order valence-corrected chi connectivity index (χ2v) is 9.31. The minimum atomic E-state index is -1.30. The fraction of sp³-hybridized carbons (Fsp3) is 0.360. The molecule has 1 fully saturated rings. The number of methoxy groups -OCH3 is 2. The normalized spacial score (nSPS) is 15.7. The van der Waals surface area contributed by atoms with Gasteiger partial charge in [-0.2, -0.15) is 0 Å². The van der Waals surface area contributed by atoms with Crippen LogP contribution in [0.3, 0.4) is 0 Å². The highest BCUT2D eigenvalue weighted by atomic mass is 32.2. The summed E-state index contributed by atoms with van der Waals surface area (Å²) in [4.78, 5) is 5.39. The van der Waals surface area contributed by atoms with Gasteiger partial charge in [-0.05, 0) is 48.7 Å². The minimum absolute atomic E-state index is 0.610. The Labute approximate surface area is 192 Å². The first-order valence-corrected chi connectivity index (χ1v) is 12.1. The topological polar surface area (TPSA) is 54.0 Å². The first kappa shape index (κ1) is 22.6. The van der Waals surface area contributed by atoms with Crippen LogP contribution in [0.15, 0.2) is 59.5 Å². The van der Waals surface area contributed by atoms with E-state index in [1.165, 1.54) is 10.9 Å². The van der Waals surface area contributed by atoms with Gasteiger partial charge in [0.1, 0.15) is 22.5 Å². The van der Waals surface area contributed by atoms with E-state index in [-0.39, 0.29) is 0 Å². The number of anilines is 1. The van der Waals surface area contributed by atoms with Gasteiger partial charge >= 0.3 is 0 Å². The van der Waals surface area contributed by atoms with Crippen LogP contribution in [-0.4, -0.2) is 63.1 Å². The Kier molecular flexibility index (Phi) is 7.29. The van der Waals surface area contributed by atoms with Gasteiger partial charge in [-0.3, -0.25) is 0 Å². The molecule has 4 rings (SSSR count). The predicted octanol–water partition coefficient (Wildman–Crippen LogP) is 3.46. The molecule has 0 aliphatic carbocycles. The number of ether oxygens (including phenoxy) is 2. The van der Waals surface area contributed by atoms with Gasteiger partial charge in [0.25, 0.3) is 0 Å². The monoisotopic (exact) mass is 453 g/mol. The quantitative estimate of drug-likeness (QED) is 0.566. The molecule has 0 aromatic heterocycles. The summed E-state index contributed by atoms with van der Waals surface area (Å²) in [5, 5.41) is 2.27. The van der Waals surface area contributed by atoms with Crippen LogP contribution in [0.25, 0.3) is 10.8 Å². The lowest BCUT2D eigenvalue weighted by molar-refractivity contribution is 0.311. The Morgan fingerprint density at radius 2 is 1.62 bits per heavy atom. The van der Waals surface area contributed by atoms with Crippen molar-refractivity contribution in [2.24, 2.45) is 0 Å². The average Bonchev–Trinajstić information content (AvgIpc) is 2.83. The van der Waals surface area contributed by atoms with Crippen molar-refractivity contribution < 1.29 is 13.7 Å². The maximum atomic E-state index is 13.0. The van der Waals surface area contributed by atoms with E-state index in [2.05, 4.69) is 39.8 Å². The van der Waals surface area contributed by atoms with E-state index in [9.17, 15) is 4.21 Å². The molecule has 32 heavy (non-hydrogen) atoms. The maximum Gasteiger partial charge on any atom is 0.142 e. The molecular formula is C25H31N3O3S. The van der Waals surface area contributed by atoms with Crippen molar-refractivity contribution in [2.75, 3.05) is 58.9 Å². The molecule has 1 atom stereocenters. The number of likely N-dealkylation sites (N-methyl/N-ethyl adjacent to an activating group) is 1. The number of piperazine rings is 1. The van der Waals surface area contributed by atoms with Crippen molar-refractivity contribution in [3.8, 4) is 11.5 Å². The summed E-state index contributed by atoms with van der Waals surface area (Å²) in [6.07, 6.45) is 0.776. The van der Waals surface area contributed by atoms with Gasteiger partial charge < -0.3 is 19.3 Å². The number of nitrogens with one attached hydrogen (secondary N) is 1. The lowest BCUT2D eigenvalue weighted by Gasteiger charge is -2.34. The van der Waals surface area contributed by atoms with Crippen LogP contribution in [0.1, 0.15) is 5.56 Å². The molecule has 0 spiro atoms. The molecule has 1 aliphatic rings. The second-order valence-electron chi connectivity index (χ2n) is 8.01. The van der Waals surface area contributed by atoms with Crippen molar-refractivity contribution in [2.45, 2.75) is 11.3 Å². The molecule has 1 aliphatic heterocycles. The summed E-state index contributed by atoms with van der Waals surface area (Å²) in [6, 6.07) is 18.1. The average molecular weight is 454 g/mol. The maximum absolute atomic E-state index is 13.0. The molecular weight excluding hydrogens is 422 g/mol. The molecule has 1 N–H and O–H groups in total. The van der Waals surface area contributed by atoms with Crippen LogP contribution in [0.5, 0.6) is 11.5 Å². The third-order valence-electron chi connectivity index (χ3n) is 6.03. The molecule has 0 radical (unpaired) electrons. The summed E-state index contributed by atoms with van der Waals surface area (Å²) in [7, 11) is 4.21. The van der Waals surface area contributed by atoms with Crippen LogP contribution in [0, 0.1) is 0 Å². The highest BCUT2D eigenvalue weighted by Gasteiger charge is 2.19. The van der Waals surface area contributed by atoms with Crippen molar-refractivity contribution in [3.05, 3.63) is 60.2 Å². The number of nitrogens with zero attached hydrogens (tertiary/aromatic N) is 2. The SMILES string of the molecule is COc1ccc(S(=O)NCCc2cccc3c(OC)cccc23)cc1N1CCN(C)CC1. The first-order chi connectivity index (χ1) is 15.6. The molecule has 170 valence electrons. The largest absolute Gasteiger partial charge is 0.496 e. The fourth-order valence-corrected chi connectivity index (χ4v) is 5.05. The summed E-state index contributed by atoms with van der Waals surface area (Å²) in [5.41, 5.74) is 2.22. The summed E-state index contributed by atoms with van der Waals surface area (Å²) in [6.45, 7) is 4.48. The third kappa shape index (κ3) is 4.90. The van der Waals surface area contributed by atoms with Crippen molar-refractivity contribution in [1.82, 2.24) is 9.62 Å². The third-order valence-corrected chi connectivity index (χ3v) is 7.18. The molecule has 6 nitrogen and oxygen atoms in total. The minimum Gasteiger partial charge on any atom is -0.496 e. The van der Waals surface area contributed by atoms with Crippen molar-refractivity contribution in [1.29, 1.82) is 0 Å². The van der Waals surface area contributed by atoms with E-state index in [4.69, 9.17) is 9.47 Å². The number of hydrogen-bond donors (Lipinski definition) is 1. The van der Waals surface area contributed by atoms with E-state index in [0.29, 0.717) is 6.54 Å². The van der Waals surface area contributed by atoms with Gasteiger partial charge in [0.15, 0.2) is 0 Å².